The van der Waals surface area contributed by atoms with Crippen LogP contribution in [-0.4, -0.2) is 34.9 Å². The third-order valence-electron chi connectivity index (χ3n) is 5.09. The van der Waals surface area contributed by atoms with E-state index in [2.05, 4.69) is 20.6 Å². The van der Waals surface area contributed by atoms with Crippen LogP contribution in [0.1, 0.15) is 23.2 Å². The number of hydrogen-bond donors (Lipinski definition) is 3. The van der Waals surface area contributed by atoms with Gasteiger partial charge in [0.15, 0.2) is 0 Å². The molecule has 11 heteroatoms. The number of hydrogen-bond acceptors (Lipinski definition) is 6. The van der Waals surface area contributed by atoms with E-state index >= 15 is 0 Å². The summed E-state index contributed by atoms with van der Waals surface area (Å²) in [5, 5.41) is 14.7. The molecule has 0 spiro atoms. The van der Waals surface area contributed by atoms with Gasteiger partial charge in [-0.05, 0) is 36.2 Å². The molecule has 0 aliphatic carbocycles. The van der Waals surface area contributed by atoms with Crippen LogP contribution >= 0.6 is 11.6 Å². The quantitative estimate of drug-likeness (QED) is 0.386. The summed E-state index contributed by atoms with van der Waals surface area (Å²) in [5.41, 5.74) is -0.0529. The van der Waals surface area contributed by atoms with Crippen molar-refractivity contribution in [3.05, 3.63) is 76.6 Å². The fourth-order valence-electron chi connectivity index (χ4n) is 3.42. The highest BCUT2D eigenvalue weighted by atomic mass is 35.5. The number of rotatable bonds is 7. The number of aromatic hydroxyl groups is 1. The molecular weight excluding hydrogens is 485 g/mol. The molecule has 0 saturated heterocycles. The Bertz CT molecular complexity index is 1280. The first-order valence-electron chi connectivity index (χ1n) is 10.6. The minimum absolute atomic E-state index is 0.0300. The first-order chi connectivity index (χ1) is 16.7. The molecule has 7 nitrogen and oxygen atoms in total. The predicted molar refractivity (Wildman–Crippen MR) is 125 cm³/mol. The summed E-state index contributed by atoms with van der Waals surface area (Å²) < 4.78 is 45.1. The molecule has 3 N–H and O–H groups in total. The van der Waals surface area contributed by atoms with Crippen molar-refractivity contribution in [1.29, 1.82) is 0 Å². The summed E-state index contributed by atoms with van der Waals surface area (Å²) in [4.78, 5) is 21.0. The van der Waals surface area contributed by atoms with E-state index in [1.54, 1.807) is 42.6 Å². The van der Waals surface area contributed by atoms with Crippen LogP contribution in [0.2, 0.25) is 5.02 Å². The fourth-order valence-corrected chi connectivity index (χ4v) is 3.69. The number of carbonyl (C=O) groups is 1. The topological polar surface area (TPSA) is 95.8 Å². The molecule has 35 heavy (non-hydrogen) atoms. The monoisotopic (exact) mass is 504 g/mol. The Kier molecular flexibility index (Phi) is 7.11. The van der Waals surface area contributed by atoms with Crippen LogP contribution in [0.15, 0.2) is 59.7 Å². The van der Waals surface area contributed by atoms with Gasteiger partial charge in [-0.1, -0.05) is 23.7 Å². The van der Waals surface area contributed by atoms with Crippen molar-refractivity contribution in [2.24, 2.45) is 4.99 Å². The van der Waals surface area contributed by atoms with Gasteiger partial charge < -0.3 is 20.5 Å². The molecule has 0 unspecified atom stereocenters. The highest BCUT2D eigenvalue weighted by molar-refractivity contribution is 6.31. The van der Waals surface area contributed by atoms with Crippen molar-refractivity contribution in [1.82, 2.24) is 10.3 Å². The number of alkyl halides is 3. The molecule has 0 bridgehead atoms. The SMILES string of the molecule is O=C(CCc1cccc(Oc2ccnc(C3=NCCN3)c2)c1)Nc1cc(C(F)(F)F)c(Cl)cc1O. The third-order valence-corrected chi connectivity index (χ3v) is 5.40. The van der Waals surface area contributed by atoms with E-state index in [9.17, 15) is 23.1 Å². The van der Waals surface area contributed by atoms with Crippen molar-refractivity contribution in [3.63, 3.8) is 0 Å². The average molecular weight is 505 g/mol. The molecule has 0 fully saturated rings. The molecule has 1 amide bonds. The number of anilines is 1. The molecule has 182 valence electrons. The van der Waals surface area contributed by atoms with Crippen molar-refractivity contribution in [3.8, 4) is 17.2 Å². The van der Waals surface area contributed by atoms with Crippen molar-refractivity contribution >= 4 is 29.0 Å². The molecular formula is C24H20ClF3N4O3. The van der Waals surface area contributed by atoms with Gasteiger partial charge in [-0.2, -0.15) is 13.2 Å². The van der Waals surface area contributed by atoms with Crippen molar-refractivity contribution in [2.75, 3.05) is 18.4 Å². The van der Waals surface area contributed by atoms with Gasteiger partial charge in [0.2, 0.25) is 5.91 Å². The summed E-state index contributed by atoms with van der Waals surface area (Å²) in [6, 6.07) is 11.9. The molecule has 0 atom stereocenters. The number of aromatic nitrogens is 1. The number of pyridine rings is 1. The maximum atomic E-state index is 13.1. The second-order valence-corrected chi connectivity index (χ2v) is 8.09. The lowest BCUT2D eigenvalue weighted by atomic mass is 10.1. The number of ether oxygens (including phenoxy) is 1. The number of aliphatic imine (C=N–C) groups is 1. The summed E-state index contributed by atoms with van der Waals surface area (Å²) in [6.45, 7) is 1.46. The Morgan fingerprint density at radius 1 is 1.17 bits per heavy atom. The second kappa shape index (κ2) is 10.2. The Labute approximate surface area is 203 Å². The molecule has 4 rings (SSSR count). The summed E-state index contributed by atoms with van der Waals surface area (Å²) in [6.07, 6.45) is -2.83. The van der Waals surface area contributed by atoms with Crippen LogP contribution in [-0.2, 0) is 17.4 Å². The van der Waals surface area contributed by atoms with Gasteiger partial charge in [-0.25, -0.2) is 0 Å². The van der Waals surface area contributed by atoms with Crippen LogP contribution in [0.4, 0.5) is 18.9 Å². The number of carbonyl (C=O) groups excluding carboxylic acids is 1. The molecule has 2 heterocycles. The van der Waals surface area contributed by atoms with E-state index in [4.69, 9.17) is 16.3 Å². The van der Waals surface area contributed by atoms with Gasteiger partial charge in [0.05, 0.1) is 22.8 Å². The molecule has 1 aliphatic rings. The van der Waals surface area contributed by atoms with Gasteiger partial charge in [-0.15, -0.1) is 0 Å². The van der Waals surface area contributed by atoms with E-state index in [0.29, 0.717) is 42.1 Å². The number of nitrogens with one attached hydrogen (secondary N) is 2. The van der Waals surface area contributed by atoms with Gasteiger partial charge >= 0.3 is 6.18 Å². The Morgan fingerprint density at radius 2 is 1.97 bits per heavy atom. The molecule has 3 aromatic rings. The van der Waals surface area contributed by atoms with Crippen LogP contribution in [0, 0.1) is 0 Å². The van der Waals surface area contributed by atoms with Crippen molar-refractivity contribution < 1.29 is 27.8 Å². The zero-order valence-electron chi connectivity index (χ0n) is 18.2. The number of halogens is 4. The third kappa shape index (κ3) is 6.21. The zero-order valence-corrected chi connectivity index (χ0v) is 19.0. The van der Waals surface area contributed by atoms with Crippen LogP contribution < -0.4 is 15.4 Å². The number of phenolic OH excluding ortho intramolecular Hbond substituents is 1. The summed E-state index contributed by atoms with van der Waals surface area (Å²) in [5.74, 6) is 0.712. The van der Waals surface area contributed by atoms with E-state index < -0.39 is 28.4 Å². The Balaban J connectivity index is 1.38. The lowest BCUT2D eigenvalue weighted by Gasteiger charge is -2.13. The minimum atomic E-state index is -4.72. The largest absolute Gasteiger partial charge is 0.506 e. The first-order valence-corrected chi connectivity index (χ1v) is 11.0. The zero-order chi connectivity index (χ0) is 25.0. The number of phenols is 1. The maximum absolute atomic E-state index is 13.1. The fraction of sp³-hybridized carbons (Fsp3) is 0.208. The highest BCUT2D eigenvalue weighted by Gasteiger charge is 2.34. The van der Waals surface area contributed by atoms with Crippen molar-refractivity contribution in [2.45, 2.75) is 19.0 Å². The highest BCUT2D eigenvalue weighted by Crippen LogP contribution is 2.40. The minimum Gasteiger partial charge on any atom is -0.506 e. The summed E-state index contributed by atoms with van der Waals surface area (Å²) >= 11 is 5.56. The normalized spacial score (nSPS) is 13.2. The van der Waals surface area contributed by atoms with Crippen LogP contribution in [0.5, 0.6) is 17.2 Å². The number of nitrogens with zero attached hydrogens (tertiary/aromatic N) is 2. The standard InChI is InChI=1S/C24H20ClF3N4O3/c25-18-13-21(33)19(12-17(18)24(26,27)28)32-22(34)5-4-14-2-1-3-15(10-14)35-16-6-7-29-20(11-16)23-30-8-9-31-23/h1-3,6-7,10-13,33H,4-5,8-9H2,(H,30,31)(H,32,34). The number of amidine groups is 1. The first kappa shape index (κ1) is 24.3. The van der Waals surface area contributed by atoms with E-state index in [1.165, 1.54) is 0 Å². The number of benzene rings is 2. The Morgan fingerprint density at radius 3 is 2.71 bits per heavy atom. The summed E-state index contributed by atoms with van der Waals surface area (Å²) in [7, 11) is 0. The number of aryl methyl sites for hydroxylation is 1. The van der Waals surface area contributed by atoms with E-state index in [0.717, 1.165) is 18.2 Å². The molecule has 1 aliphatic heterocycles. The molecule has 2 aromatic carbocycles. The second-order valence-electron chi connectivity index (χ2n) is 7.68. The van der Waals surface area contributed by atoms with Gasteiger partial charge in [0, 0.05) is 31.3 Å². The van der Waals surface area contributed by atoms with E-state index in [1.807, 2.05) is 0 Å². The smallest absolute Gasteiger partial charge is 0.417 e. The van der Waals surface area contributed by atoms with E-state index in [-0.39, 0.29) is 12.1 Å². The van der Waals surface area contributed by atoms with Gasteiger partial charge in [0.25, 0.3) is 0 Å². The van der Waals surface area contributed by atoms with Gasteiger partial charge in [-0.3, -0.25) is 14.8 Å². The maximum Gasteiger partial charge on any atom is 0.417 e. The number of amides is 1. The van der Waals surface area contributed by atoms with Crippen LogP contribution in [0.25, 0.3) is 0 Å². The average Bonchev–Trinajstić information content (AvgIpc) is 3.34. The molecule has 0 saturated carbocycles. The predicted octanol–water partition coefficient (Wildman–Crippen LogP) is 5.17. The molecule has 0 radical (unpaired) electrons. The van der Waals surface area contributed by atoms with Crippen LogP contribution in [0.3, 0.4) is 0 Å². The lowest BCUT2D eigenvalue weighted by Crippen LogP contribution is -2.20. The lowest BCUT2D eigenvalue weighted by molar-refractivity contribution is -0.137. The molecule has 1 aromatic heterocycles. The Hall–Kier alpha value is -3.79. The van der Waals surface area contributed by atoms with Gasteiger partial charge in [0.1, 0.15) is 28.8 Å².